The molecule has 94 valence electrons. The van der Waals surface area contributed by atoms with Crippen LogP contribution in [0.3, 0.4) is 0 Å². The van der Waals surface area contributed by atoms with E-state index in [2.05, 4.69) is 56.3 Å². The third-order valence-corrected chi connectivity index (χ3v) is 4.08. The first kappa shape index (κ1) is 13.5. The molecule has 1 heterocycles. The molecular weight excluding hydrogens is 310 g/mol. The van der Waals surface area contributed by atoms with Gasteiger partial charge in [0.2, 0.25) is 0 Å². The number of benzene rings is 1. The molecule has 3 nitrogen and oxygen atoms in total. The Labute approximate surface area is 120 Å². The minimum absolute atomic E-state index is 0.296. The number of rotatable bonds is 4. The van der Waals surface area contributed by atoms with Crippen LogP contribution in [0.4, 0.5) is 0 Å². The maximum Gasteiger partial charge on any atom is 0.192 e. The van der Waals surface area contributed by atoms with E-state index in [-0.39, 0.29) is 0 Å². The molecule has 1 unspecified atom stereocenters. The lowest BCUT2D eigenvalue weighted by molar-refractivity contribution is 0.641. The molecule has 18 heavy (non-hydrogen) atoms. The van der Waals surface area contributed by atoms with Crippen molar-refractivity contribution in [3.8, 4) is 0 Å². The van der Waals surface area contributed by atoms with Gasteiger partial charge in [0.1, 0.15) is 0 Å². The fourth-order valence-corrected chi connectivity index (χ4v) is 3.03. The van der Waals surface area contributed by atoms with E-state index < -0.39 is 0 Å². The molecule has 0 aliphatic carbocycles. The van der Waals surface area contributed by atoms with E-state index in [1.165, 1.54) is 5.56 Å². The van der Waals surface area contributed by atoms with Crippen molar-refractivity contribution in [3.05, 3.63) is 46.7 Å². The zero-order chi connectivity index (χ0) is 13.0. The van der Waals surface area contributed by atoms with Crippen molar-refractivity contribution in [2.45, 2.75) is 23.0 Å². The van der Waals surface area contributed by atoms with Gasteiger partial charge in [0.15, 0.2) is 5.16 Å². The quantitative estimate of drug-likeness (QED) is 0.871. The summed E-state index contributed by atoms with van der Waals surface area (Å²) in [5, 5.41) is 4.02. The summed E-state index contributed by atoms with van der Waals surface area (Å²) in [5.41, 5.74) is 1.25. The highest BCUT2D eigenvalue weighted by Crippen LogP contribution is 2.33. The van der Waals surface area contributed by atoms with Crippen molar-refractivity contribution in [3.63, 3.8) is 0 Å². The Kier molecular flexibility index (Phi) is 4.74. The lowest BCUT2D eigenvalue weighted by atomic mass is 10.1. The highest BCUT2D eigenvalue weighted by molar-refractivity contribution is 9.10. The number of hydrogen-bond donors (Lipinski definition) is 1. The molecule has 2 aromatic rings. The highest BCUT2D eigenvalue weighted by atomic mass is 79.9. The summed E-state index contributed by atoms with van der Waals surface area (Å²) in [6.07, 6.45) is 3.52. The SMILES string of the molecule is CNC(C)c1ccc(Br)cc1Sc1ncccn1. The second-order valence-corrected chi connectivity index (χ2v) is 5.75. The molecule has 5 heteroatoms. The first-order chi connectivity index (χ1) is 8.70. The minimum Gasteiger partial charge on any atom is -0.313 e. The van der Waals surface area contributed by atoms with Crippen LogP contribution in [-0.2, 0) is 0 Å². The van der Waals surface area contributed by atoms with Crippen LogP contribution in [-0.4, -0.2) is 17.0 Å². The Morgan fingerprint density at radius 1 is 1.28 bits per heavy atom. The van der Waals surface area contributed by atoms with Crippen molar-refractivity contribution in [2.24, 2.45) is 0 Å². The van der Waals surface area contributed by atoms with Gasteiger partial charge in [-0.3, -0.25) is 0 Å². The summed E-state index contributed by atoms with van der Waals surface area (Å²) in [4.78, 5) is 9.66. The lowest BCUT2D eigenvalue weighted by Gasteiger charge is -2.15. The van der Waals surface area contributed by atoms with Crippen LogP contribution in [0, 0.1) is 0 Å². The van der Waals surface area contributed by atoms with Crippen molar-refractivity contribution >= 4 is 27.7 Å². The van der Waals surface area contributed by atoms with Crippen LogP contribution in [0.5, 0.6) is 0 Å². The number of halogens is 1. The van der Waals surface area contributed by atoms with E-state index >= 15 is 0 Å². The summed E-state index contributed by atoms with van der Waals surface area (Å²) in [6, 6.07) is 8.39. The van der Waals surface area contributed by atoms with Gasteiger partial charge in [0, 0.05) is 27.8 Å². The summed E-state index contributed by atoms with van der Waals surface area (Å²) in [6.45, 7) is 2.14. The van der Waals surface area contributed by atoms with Gasteiger partial charge in [-0.1, -0.05) is 22.0 Å². The molecule has 0 aliphatic rings. The largest absolute Gasteiger partial charge is 0.313 e. The van der Waals surface area contributed by atoms with E-state index in [0.29, 0.717) is 6.04 Å². The maximum absolute atomic E-state index is 4.25. The van der Waals surface area contributed by atoms with Gasteiger partial charge in [-0.25, -0.2) is 9.97 Å². The molecule has 2 rings (SSSR count). The molecule has 1 atom stereocenters. The van der Waals surface area contributed by atoms with Gasteiger partial charge in [0.05, 0.1) is 0 Å². The molecule has 0 bridgehead atoms. The third-order valence-electron chi connectivity index (χ3n) is 2.62. The number of aromatic nitrogens is 2. The Bertz CT molecular complexity index is 519. The number of nitrogens with one attached hydrogen (secondary N) is 1. The van der Waals surface area contributed by atoms with Gasteiger partial charge in [-0.05, 0) is 49.5 Å². The second-order valence-electron chi connectivity index (χ2n) is 3.83. The zero-order valence-electron chi connectivity index (χ0n) is 10.2. The summed E-state index contributed by atoms with van der Waals surface area (Å²) in [5.74, 6) is 0. The standard InChI is InChI=1S/C13H14BrN3S/c1-9(15-2)11-5-4-10(14)8-12(11)18-13-16-6-3-7-17-13/h3-9,15H,1-2H3. The van der Waals surface area contributed by atoms with Crippen LogP contribution in [0.15, 0.2) is 51.2 Å². The van der Waals surface area contributed by atoms with E-state index in [0.717, 1.165) is 14.5 Å². The monoisotopic (exact) mass is 323 g/mol. The van der Waals surface area contributed by atoms with Crippen molar-refractivity contribution < 1.29 is 0 Å². The molecule has 0 amide bonds. The van der Waals surface area contributed by atoms with E-state index in [9.17, 15) is 0 Å². The Balaban J connectivity index is 2.33. The smallest absolute Gasteiger partial charge is 0.192 e. The molecule has 0 aliphatic heterocycles. The molecule has 0 spiro atoms. The molecule has 0 saturated heterocycles. The Morgan fingerprint density at radius 2 is 2.00 bits per heavy atom. The molecule has 1 N–H and O–H groups in total. The topological polar surface area (TPSA) is 37.8 Å². The fraction of sp³-hybridized carbons (Fsp3) is 0.231. The molecule has 0 fully saturated rings. The van der Waals surface area contributed by atoms with Crippen LogP contribution >= 0.6 is 27.7 Å². The normalized spacial score (nSPS) is 12.4. The predicted octanol–water partition coefficient (Wildman–Crippen LogP) is 3.67. The zero-order valence-corrected chi connectivity index (χ0v) is 12.6. The van der Waals surface area contributed by atoms with Crippen molar-refractivity contribution in [1.29, 1.82) is 0 Å². The molecule has 1 aromatic carbocycles. The number of hydrogen-bond acceptors (Lipinski definition) is 4. The van der Waals surface area contributed by atoms with Crippen LogP contribution < -0.4 is 5.32 Å². The van der Waals surface area contributed by atoms with Crippen LogP contribution in [0.2, 0.25) is 0 Å². The second kappa shape index (κ2) is 6.31. The molecular formula is C13H14BrN3S. The Hall–Kier alpha value is -0.910. The van der Waals surface area contributed by atoms with Gasteiger partial charge in [-0.2, -0.15) is 0 Å². The maximum atomic E-state index is 4.25. The van der Waals surface area contributed by atoms with Crippen LogP contribution in [0.25, 0.3) is 0 Å². The van der Waals surface area contributed by atoms with Gasteiger partial charge in [0.25, 0.3) is 0 Å². The summed E-state index contributed by atoms with van der Waals surface area (Å²) in [7, 11) is 1.96. The molecule has 0 radical (unpaired) electrons. The summed E-state index contributed by atoms with van der Waals surface area (Å²) >= 11 is 5.09. The average Bonchev–Trinajstić information content (AvgIpc) is 2.39. The van der Waals surface area contributed by atoms with E-state index in [1.807, 2.05) is 13.1 Å². The van der Waals surface area contributed by atoms with E-state index in [4.69, 9.17) is 0 Å². The number of nitrogens with zero attached hydrogens (tertiary/aromatic N) is 2. The van der Waals surface area contributed by atoms with Gasteiger partial charge < -0.3 is 5.32 Å². The average molecular weight is 324 g/mol. The van der Waals surface area contributed by atoms with Crippen molar-refractivity contribution in [2.75, 3.05) is 7.05 Å². The van der Waals surface area contributed by atoms with E-state index in [1.54, 1.807) is 24.2 Å². The van der Waals surface area contributed by atoms with Gasteiger partial charge >= 0.3 is 0 Å². The van der Waals surface area contributed by atoms with Crippen molar-refractivity contribution in [1.82, 2.24) is 15.3 Å². The molecule has 1 aromatic heterocycles. The molecule has 0 saturated carbocycles. The van der Waals surface area contributed by atoms with Gasteiger partial charge in [-0.15, -0.1) is 0 Å². The predicted molar refractivity (Wildman–Crippen MR) is 77.8 cm³/mol. The highest BCUT2D eigenvalue weighted by Gasteiger charge is 2.11. The first-order valence-electron chi connectivity index (χ1n) is 5.62. The minimum atomic E-state index is 0.296. The van der Waals surface area contributed by atoms with Crippen LogP contribution in [0.1, 0.15) is 18.5 Å². The summed E-state index contributed by atoms with van der Waals surface area (Å²) < 4.78 is 1.06. The first-order valence-corrected chi connectivity index (χ1v) is 7.23. The fourth-order valence-electron chi connectivity index (χ4n) is 1.55. The Morgan fingerprint density at radius 3 is 2.67 bits per heavy atom. The third kappa shape index (κ3) is 3.31. The lowest BCUT2D eigenvalue weighted by Crippen LogP contribution is -2.13.